The maximum Gasteiger partial charge on any atom is 0.341 e. The Hall–Kier alpha value is -3.38. The van der Waals surface area contributed by atoms with Gasteiger partial charge in [0.15, 0.2) is 15.9 Å². The van der Waals surface area contributed by atoms with Gasteiger partial charge in [0.25, 0.3) is 0 Å². The molecule has 0 bridgehead atoms. The summed E-state index contributed by atoms with van der Waals surface area (Å²) >= 11 is 0.711. The highest BCUT2D eigenvalue weighted by molar-refractivity contribution is 7.12. The number of carboxylic acids is 1. The zero-order valence-electron chi connectivity index (χ0n) is 18.1. The van der Waals surface area contributed by atoms with Crippen molar-refractivity contribution < 1.29 is 23.8 Å². The Morgan fingerprint density at radius 1 is 1.29 bits per heavy atom. The van der Waals surface area contributed by atoms with Gasteiger partial charge in [-0.2, -0.15) is 4.39 Å². The maximum atomic E-state index is 13.6. The lowest BCUT2D eigenvalue weighted by Gasteiger charge is -2.39. The first-order valence-electron chi connectivity index (χ1n) is 11.0. The Balaban J connectivity index is 1.36. The van der Waals surface area contributed by atoms with Crippen molar-refractivity contribution in [2.45, 2.75) is 25.4 Å². The molecule has 0 aromatic carbocycles. The summed E-state index contributed by atoms with van der Waals surface area (Å²) in [6, 6.07) is 3.12. The second-order valence-corrected chi connectivity index (χ2v) is 9.33. The normalized spacial score (nSPS) is 18.6. The van der Waals surface area contributed by atoms with Crippen LogP contribution in [0, 0.1) is 11.0 Å². The van der Waals surface area contributed by atoms with Gasteiger partial charge in [-0.15, -0.1) is 0 Å². The van der Waals surface area contributed by atoms with Crippen LogP contribution >= 0.6 is 11.3 Å². The summed E-state index contributed by atoms with van der Waals surface area (Å²) < 4.78 is 20.6. The summed E-state index contributed by atoms with van der Waals surface area (Å²) in [6.07, 6.45) is 5.32. The summed E-state index contributed by atoms with van der Waals surface area (Å²) in [5.74, 6) is -1.09. The van der Waals surface area contributed by atoms with E-state index in [1.165, 1.54) is 10.6 Å². The van der Waals surface area contributed by atoms with Gasteiger partial charge in [0.05, 0.1) is 23.6 Å². The van der Waals surface area contributed by atoms with E-state index in [1.54, 1.807) is 6.07 Å². The third-order valence-corrected chi connectivity index (χ3v) is 6.88. The minimum Gasteiger partial charge on any atom is -0.477 e. The van der Waals surface area contributed by atoms with Crippen LogP contribution < -0.4 is 15.6 Å². The number of halogens is 1. The second kappa shape index (κ2) is 9.11. The molecule has 2 fully saturated rings. The minimum atomic E-state index is -1.39. The second-order valence-electron chi connectivity index (χ2n) is 8.37. The Bertz CT molecular complexity index is 1310. The van der Waals surface area contributed by atoms with Crippen molar-refractivity contribution in [3.63, 3.8) is 0 Å². The molecule has 1 amide bonds. The van der Waals surface area contributed by atoms with Crippen molar-refractivity contribution in [2.24, 2.45) is 5.92 Å². The van der Waals surface area contributed by atoms with E-state index >= 15 is 0 Å². The van der Waals surface area contributed by atoms with Crippen molar-refractivity contribution in [3.05, 3.63) is 45.4 Å². The van der Waals surface area contributed by atoms with Gasteiger partial charge in [-0.05, 0) is 31.4 Å². The molecule has 0 saturated carbocycles. The van der Waals surface area contributed by atoms with Crippen LogP contribution in [0.2, 0.25) is 0 Å². The number of hydrogen-bond donors (Lipinski definition) is 2. The number of nitrogens with one attached hydrogen (secondary N) is 1. The van der Waals surface area contributed by atoms with E-state index in [1.807, 2.05) is 4.90 Å². The Morgan fingerprint density at radius 2 is 2.12 bits per heavy atom. The van der Waals surface area contributed by atoms with E-state index in [-0.39, 0.29) is 34.1 Å². The van der Waals surface area contributed by atoms with Crippen molar-refractivity contribution in [2.75, 3.05) is 31.1 Å². The van der Waals surface area contributed by atoms with E-state index < -0.39 is 22.1 Å². The largest absolute Gasteiger partial charge is 0.477 e. The molecular weight excluding hydrogens is 465 g/mol. The number of amides is 1. The Kier molecular flexibility index (Phi) is 6.00. The summed E-state index contributed by atoms with van der Waals surface area (Å²) in [6.45, 7) is 2.16. The monoisotopic (exact) mass is 487 g/mol. The molecule has 0 radical (unpaired) electrons. The number of rotatable bonds is 6. The molecule has 3 aromatic heterocycles. The number of pyridine rings is 2. The van der Waals surface area contributed by atoms with E-state index in [0.29, 0.717) is 36.8 Å². The lowest BCUT2D eigenvalue weighted by Crippen LogP contribution is -2.55. The third kappa shape index (κ3) is 4.26. The molecule has 2 aliphatic rings. The molecule has 1 unspecified atom stereocenters. The fourth-order valence-corrected chi connectivity index (χ4v) is 4.81. The number of thiazole rings is 1. The molecule has 2 aliphatic heterocycles. The van der Waals surface area contributed by atoms with Gasteiger partial charge in [0.2, 0.25) is 11.3 Å². The van der Waals surface area contributed by atoms with E-state index in [4.69, 9.17) is 4.74 Å². The predicted molar refractivity (Wildman–Crippen MR) is 122 cm³/mol. The molecule has 12 heteroatoms. The summed E-state index contributed by atoms with van der Waals surface area (Å²) in [7, 11) is 0. The van der Waals surface area contributed by atoms with Gasteiger partial charge in [-0.25, -0.2) is 14.8 Å². The molecular formula is C22H22FN5O5S. The topological polar surface area (TPSA) is 127 Å². The molecule has 0 aliphatic carbocycles. The van der Waals surface area contributed by atoms with Crippen molar-refractivity contribution in [1.82, 2.24) is 19.9 Å². The highest BCUT2D eigenvalue weighted by Gasteiger charge is 2.34. The van der Waals surface area contributed by atoms with Gasteiger partial charge in [0.1, 0.15) is 11.4 Å². The van der Waals surface area contributed by atoms with Crippen LogP contribution in [0.3, 0.4) is 0 Å². The van der Waals surface area contributed by atoms with Crippen LogP contribution in [0.15, 0.2) is 29.3 Å². The average molecular weight is 488 g/mol. The molecule has 2 N–H and O–H groups in total. The lowest BCUT2D eigenvalue weighted by atomic mass is 9.98. The first kappa shape index (κ1) is 22.4. The van der Waals surface area contributed by atoms with Crippen LogP contribution in [0.25, 0.3) is 16.2 Å². The first-order chi connectivity index (χ1) is 16.4. The SMILES string of the molecule is O=C(O)c1cn(-c2ncc(F)s2)c2nc(N3CC(C(=O)NCC4CCCCO4)C3)ccc2c1=O. The fourth-order valence-electron chi connectivity index (χ4n) is 4.18. The van der Waals surface area contributed by atoms with Gasteiger partial charge in [-0.1, -0.05) is 11.3 Å². The Morgan fingerprint density at radius 3 is 2.79 bits per heavy atom. The van der Waals surface area contributed by atoms with Crippen molar-refractivity contribution >= 4 is 40.1 Å². The number of aromatic carboxylic acids is 1. The molecule has 34 heavy (non-hydrogen) atoms. The number of aromatic nitrogens is 3. The summed E-state index contributed by atoms with van der Waals surface area (Å²) in [5.41, 5.74) is -0.967. The molecule has 5 heterocycles. The van der Waals surface area contributed by atoms with E-state index in [0.717, 1.165) is 38.3 Å². The summed E-state index contributed by atoms with van der Waals surface area (Å²) in [5, 5.41) is 12.1. The number of nitrogens with zero attached hydrogens (tertiary/aromatic N) is 4. The number of anilines is 1. The number of carbonyl (C=O) groups excluding carboxylic acids is 1. The van der Waals surface area contributed by atoms with Crippen LogP contribution in [0.4, 0.5) is 10.2 Å². The first-order valence-corrected chi connectivity index (χ1v) is 11.8. The van der Waals surface area contributed by atoms with Crippen LogP contribution in [0.5, 0.6) is 0 Å². The molecule has 1 atom stereocenters. The fraction of sp³-hybridized carbons (Fsp3) is 0.409. The number of hydrogen-bond acceptors (Lipinski definition) is 8. The zero-order valence-corrected chi connectivity index (χ0v) is 18.9. The quantitative estimate of drug-likeness (QED) is 0.539. The smallest absolute Gasteiger partial charge is 0.341 e. The Labute approximate surface area is 197 Å². The standard InChI is InChI=1S/C22H22FN5O5S/c23-16-8-25-22(34-16)28-11-15(21(31)32)18(29)14-4-5-17(26-19(14)28)27-9-12(10-27)20(30)24-7-13-3-1-2-6-33-13/h4-5,8,11-13H,1-3,6-7,9-10H2,(H,24,30)(H,31,32). The average Bonchev–Trinajstić information content (AvgIpc) is 3.23. The molecule has 178 valence electrons. The predicted octanol–water partition coefficient (Wildman–Crippen LogP) is 1.80. The number of carboxylic acid groups (broad SMARTS) is 1. The van der Waals surface area contributed by atoms with E-state index in [9.17, 15) is 23.9 Å². The van der Waals surface area contributed by atoms with Crippen LogP contribution in [-0.2, 0) is 9.53 Å². The lowest BCUT2D eigenvalue weighted by molar-refractivity contribution is -0.126. The van der Waals surface area contributed by atoms with Gasteiger partial charge < -0.3 is 20.1 Å². The minimum absolute atomic E-state index is 0.0347. The molecule has 3 aromatic rings. The number of fused-ring (bicyclic) bond motifs is 1. The van der Waals surface area contributed by atoms with E-state index in [2.05, 4.69) is 15.3 Å². The highest BCUT2D eigenvalue weighted by atomic mass is 32.1. The number of ether oxygens (including phenoxy) is 1. The molecule has 5 rings (SSSR count). The van der Waals surface area contributed by atoms with Crippen molar-refractivity contribution in [3.8, 4) is 5.13 Å². The molecule has 0 spiro atoms. The van der Waals surface area contributed by atoms with Gasteiger partial charge in [0, 0.05) is 32.4 Å². The third-order valence-electron chi connectivity index (χ3n) is 6.09. The zero-order chi connectivity index (χ0) is 23.8. The number of carbonyl (C=O) groups is 2. The van der Waals surface area contributed by atoms with Gasteiger partial charge in [-0.3, -0.25) is 14.2 Å². The van der Waals surface area contributed by atoms with Crippen LogP contribution in [0.1, 0.15) is 29.6 Å². The molecule has 2 saturated heterocycles. The van der Waals surface area contributed by atoms with Gasteiger partial charge >= 0.3 is 5.97 Å². The molecule has 10 nitrogen and oxygen atoms in total. The van der Waals surface area contributed by atoms with Crippen LogP contribution in [-0.4, -0.2) is 63.9 Å². The van der Waals surface area contributed by atoms with Crippen molar-refractivity contribution in [1.29, 1.82) is 0 Å². The highest BCUT2D eigenvalue weighted by Crippen LogP contribution is 2.27. The summed E-state index contributed by atoms with van der Waals surface area (Å²) in [4.78, 5) is 47.1. The maximum absolute atomic E-state index is 13.6.